The van der Waals surface area contributed by atoms with Gasteiger partial charge in [-0.1, -0.05) is 23.2 Å². The van der Waals surface area contributed by atoms with Gasteiger partial charge < -0.3 is 0 Å². The van der Waals surface area contributed by atoms with Gasteiger partial charge >= 0.3 is 0 Å². The zero-order chi connectivity index (χ0) is 10.7. The number of alkyl halides is 2. The molecule has 0 amide bonds. The monoisotopic (exact) mass is 236 g/mol. The molecule has 0 fully saturated rings. The van der Waals surface area contributed by atoms with Gasteiger partial charge in [-0.05, 0) is 6.07 Å². The summed E-state index contributed by atoms with van der Waals surface area (Å²) in [5.41, 5.74) is -0.143. The summed E-state index contributed by atoms with van der Waals surface area (Å²) in [6.07, 6.45) is -2.78. The lowest BCUT2D eigenvalue weighted by Gasteiger charge is -2.05. The van der Waals surface area contributed by atoms with Crippen molar-refractivity contribution in [2.75, 3.05) is 0 Å². The molecule has 1 rings (SSSR count). The van der Waals surface area contributed by atoms with Crippen molar-refractivity contribution in [3.8, 4) is 6.07 Å². The lowest BCUT2D eigenvalue weighted by molar-refractivity contribution is 0.151. The fourth-order valence-electron chi connectivity index (χ4n) is 0.892. The van der Waals surface area contributed by atoms with E-state index >= 15 is 0 Å². The molecule has 1 aromatic rings. The molecule has 1 heterocycles. The Morgan fingerprint density at radius 3 is 2.57 bits per heavy atom. The summed E-state index contributed by atoms with van der Waals surface area (Å²) in [5.74, 6) is 0. The van der Waals surface area contributed by atoms with Crippen LogP contribution in [-0.2, 0) is 6.42 Å². The van der Waals surface area contributed by atoms with Gasteiger partial charge in [-0.15, -0.1) is 0 Å². The van der Waals surface area contributed by atoms with Crippen molar-refractivity contribution in [1.29, 1.82) is 5.26 Å². The highest BCUT2D eigenvalue weighted by molar-refractivity contribution is 6.33. The number of aromatic nitrogens is 1. The molecule has 0 aromatic carbocycles. The van der Waals surface area contributed by atoms with E-state index < -0.39 is 12.0 Å². The fraction of sp³-hybridized carbons (Fsp3) is 0.250. The van der Waals surface area contributed by atoms with Crippen LogP contribution >= 0.6 is 23.2 Å². The lowest BCUT2D eigenvalue weighted by atomic mass is 10.1. The van der Waals surface area contributed by atoms with Gasteiger partial charge in [-0.2, -0.15) is 5.26 Å². The fourth-order valence-corrected chi connectivity index (χ4v) is 1.36. The standard InChI is InChI=1S/C8H4Cl2F2N2/c9-6-4(1-2-13)3-5(8(11)12)7(10)14-6/h3,8H,1H2. The second kappa shape index (κ2) is 4.54. The summed E-state index contributed by atoms with van der Waals surface area (Å²) in [5, 5.41) is 8.05. The first-order chi connectivity index (χ1) is 6.56. The van der Waals surface area contributed by atoms with Crippen LogP contribution in [0.15, 0.2) is 6.07 Å². The molecule has 0 N–H and O–H groups in total. The minimum atomic E-state index is -2.72. The molecule has 14 heavy (non-hydrogen) atoms. The maximum Gasteiger partial charge on any atom is 0.266 e. The molecule has 0 unspecified atom stereocenters. The Hall–Kier alpha value is -0.920. The summed E-state index contributed by atoms with van der Waals surface area (Å²) in [7, 11) is 0. The highest BCUT2D eigenvalue weighted by Crippen LogP contribution is 2.29. The Balaban J connectivity index is 3.21. The van der Waals surface area contributed by atoms with E-state index in [1.54, 1.807) is 6.07 Å². The van der Waals surface area contributed by atoms with Crippen molar-refractivity contribution in [3.05, 3.63) is 27.5 Å². The zero-order valence-corrected chi connectivity index (χ0v) is 8.28. The van der Waals surface area contributed by atoms with Crippen LogP contribution in [0.5, 0.6) is 0 Å². The number of rotatable bonds is 2. The van der Waals surface area contributed by atoms with Crippen LogP contribution in [0.25, 0.3) is 0 Å². The molecule has 0 atom stereocenters. The highest BCUT2D eigenvalue weighted by atomic mass is 35.5. The molecule has 0 saturated heterocycles. The number of nitriles is 1. The summed E-state index contributed by atoms with van der Waals surface area (Å²) in [6.45, 7) is 0. The quantitative estimate of drug-likeness (QED) is 0.739. The average Bonchev–Trinajstić information content (AvgIpc) is 2.09. The minimum absolute atomic E-state index is 0.0130. The van der Waals surface area contributed by atoms with E-state index in [0.717, 1.165) is 6.07 Å². The molecule has 0 saturated carbocycles. The van der Waals surface area contributed by atoms with Crippen molar-refractivity contribution in [2.45, 2.75) is 12.8 Å². The third-order valence-corrected chi connectivity index (χ3v) is 2.16. The molecule has 0 aliphatic carbocycles. The summed E-state index contributed by atoms with van der Waals surface area (Å²) in [6, 6.07) is 2.90. The van der Waals surface area contributed by atoms with Crippen LogP contribution in [0.4, 0.5) is 8.78 Å². The van der Waals surface area contributed by atoms with Gasteiger partial charge in [-0.3, -0.25) is 0 Å². The van der Waals surface area contributed by atoms with Crippen LogP contribution in [-0.4, -0.2) is 4.98 Å². The number of pyridine rings is 1. The van der Waals surface area contributed by atoms with Gasteiger partial charge in [0.05, 0.1) is 18.1 Å². The largest absolute Gasteiger partial charge is 0.266 e. The van der Waals surface area contributed by atoms with E-state index in [0.29, 0.717) is 0 Å². The second-order valence-corrected chi connectivity index (χ2v) is 3.17. The van der Waals surface area contributed by atoms with E-state index in [4.69, 9.17) is 28.5 Å². The number of hydrogen-bond donors (Lipinski definition) is 0. The van der Waals surface area contributed by atoms with E-state index in [1.165, 1.54) is 0 Å². The van der Waals surface area contributed by atoms with Crippen LogP contribution in [0.3, 0.4) is 0 Å². The van der Waals surface area contributed by atoms with Crippen LogP contribution in [0.2, 0.25) is 10.3 Å². The van der Waals surface area contributed by atoms with Gasteiger partial charge in [0, 0.05) is 5.56 Å². The van der Waals surface area contributed by atoms with E-state index in [-0.39, 0.29) is 22.3 Å². The van der Waals surface area contributed by atoms with Crippen molar-refractivity contribution in [2.24, 2.45) is 0 Å². The van der Waals surface area contributed by atoms with Gasteiger partial charge in [-0.25, -0.2) is 13.8 Å². The highest BCUT2D eigenvalue weighted by Gasteiger charge is 2.16. The molecule has 1 aromatic heterocycles. The van der Waals surface area contributed by atoms with Crippen LogP contribution < -0.4 is 0 Å². The van der Waals surface area contributed by atoms with Crippen molar-refractivity contribution in [3.63, 3.8) is 0 Å². The third kappa shape index (κ3) is 2.31. The van der Waals surface area contributed by atoms with Gasteiger partial charge in [0.25, 0.3) is 6.43 Å². The molecule has 6 heteroatoms. The maximum atomic E-state index is 12.3. The Bertz CT molecular complexity index is 388. The van der Waals surface area contributed by atoms with Crippen molar-refractivity contribution >= 4 is 23.2 Å². The Kier molecular flexibility index (Phi) is 3.62. The molecule has 0 aliphatic rings. The molecular weight excluding hydrogens is 233 g/mol. The molecule has 0 aliphatic heterocycles. The van der Waals surface area contributed by atoms with Gasteiger partial charge in [0.15, 0.2) is 0 Å². The third-order valence-electron chi connectivity index (χ3n) is 1.53. The van der Waals surface area contributed by atoms with E-state index in [2.05, 4.69) is 4.98 Å². The van der Waals surface area contributed by atoms with Crippen molar-refractivity contribution < 1.29 is 8.78 Å². The minimum Gasteiger partial charge on any atom is -0.224 e. The average molecular weight is 237 g/mol. The normalized spacial score (nSPS) is 10.3. The molecule has 0 bridgehead atoms. The SMILES string of the molecule is N#CCc1cc(C(F)F)c(Cl)nc1Cl. The number of halogens is 4. The predicted molar refractivity (Wildman–Crippen MR) is 48.5 cm³/mol. The topological polar surface area (TPSA) is 36.7 Å². The van der Waals surface area contributed by atoms with Crippen LogP contribution in [0, 0.1) is 11.3 Å². The van der Waals surface area contributed by atoms with Gasteiger partial charge in [0.2, 0.25) is 0 Å². The Labute approximate surface area is 89.1 Å². The lowest BCUT2D eigenvalue weighted by Crippen LogP contribution is -1.95. The molecule has 2 nitrogen and oxygen atoms in total. The zero-order valence-electron chi connectivity index (χ0n) is 6.77. The first-order valence-electron chi connectivity index (χ1n) is 3.56. The first kappa shape index (κ1) is 11.2. The second-order valence-electron chi connectivity index (χ2n) is 2.45. The summed E-state index contributed by atoms with van der Waals surface area (Å²) in [4.78, 5) is 3.51. The van der Waals surface area contributed by atoms with Crippen molar-refractivity contribution in [1.82, 2.24) is 4.98 Å². The molecule has 74 valence electrons. The van der Waals surface area contributed by atoms with Crippen LogP contribution in [0.1, 0.15) is 17.6 Å². The predicted octanol–water partition coefficient (Wildman–Crippen LogP) is 3.39. The smallest absolute Gasteiger partial charge is 0.224 e. The molecular formula is C8H4Cl2F2N2. The molecule has 0 spiro atoms. The maximum absolute atomic E-state index is 12.3. The van der Waals surface area contributed by atoms with Gasteiger partial charge in [0.1, 0.15) is 10.3 Å². The Morgan fingerprint density at radius 1 is 1.43 bits per heavy atom. The number of hydrogen-bond acceptors (Lipinski definition) is 2. The summed E-state index contributed by atoms with van der Waals surface area (Å²) >= 11 is 11.0. The molecule has 0 radical (unpaired) electrons. The number of nitrogens with zero attached hydrogens (tertiary/aromatic N) is 2. The summed E-state index contributed by atoms with van der Waals surface area (Å²) < 4.78 is 24.7. The van der Waals surface area contributed by atoms with E-state index in [9.17, 15) is 8.78 Å². The Morgan fingerprint density at radius 2 is 2.07 bits per heavy atom. The first-order valence-corrected chi connectivity index (χ1v) is 4.31. The van der Waals surface area contributed by atoms with E-state index in [1.807, 2.05) is 0 Å².